The van der Waals surface area contributed by atoms with Gasteiger partial charge >= 0.3 is 0 Å². The molecule has 1 aliphatic carbocycles. The number of carbonyl (C=O) groups is 1. The van der Waals surface area contributed by atoms with Crippen LogP contribution in [0.15, 0.2) is 0 Å². The van der Waals surface area contributed by atoms with Crippen molar-refractivity contribution in [2.75, 3.05) is 13.1 Å². The van der Waals surface area contributed by atoms with Crippen LogP contribution in [-0.4, -0.2) is 19.0 Å². The van der Waals surface area contributed by atoms with Gasteiger partial charge in [-0.2, -0.15) is 0 Å². The molecular weight excluding hydrogens is 212 g/mol. The summed E-state index contributed by atoms with van der Waals surface area (Å²) in [4.78, 5) is 12.1. The van der Waals surface area contributed by atoms with Gasteiger partial charge in [0.2, 0.25) is 5.91 Å². The van der Waals surface area contributed by atoms with Crippen molar-refractivity contribution < 1.29 is 4.79 Å². The van der Waals surface area contributed by atoms with Gasteiger partial charge in [-0.3, -0.25) is 4.79 Å². The number of hydrogen-bond acceptors (Lipinski definition) is 2. The van der Waals surface area contributed by atoms with E-state index in [1.807, 2.05) is 0 Å². The van der Waals surface area contributed by atoms with Gasteiger partial charge in [-0.25, -0.2) is 0 Å². The molecule has 1 amide bonds. The van der Waals surface area contributed by atoms with E-state index < -0.39 is 0 Å². The van der Waals surface area contributed by atoms with Gasteiger partial charge in [-0.15, -0.1) is 0 Å². The summed E-state index contributed by atoms with van der Waals surface area (Å²) < 4.78 is 0. The molecule has 0 aromatic carbocycles. The minimum atomic E-state index is -0.0878. The molecule has 0 atom stereocenters. The third kappa shape index (κ3) is 5.07. The van der Waals surface area contributed by atoms with Gasteiger partial charge in [0, 0.05) is 12.0 Å². The summed E-state index contributed by atoms with van der Waals surface area (Å²) in [5.41, 5.74) is 5.35. The van der Waals surface area contributed by atoms with Crippen molar-refractivity contribution in [3.63, 3.8) is 0 Å². The maximum atomic E-state index is 12.1. The Balaban J connectivity index is 2.11. The molecule has 1 aliphatic rings. The Morgan fingerprint density at radius 1 is 1.12 bits per heavy atom. The largest absolute Gasteiger partial charge is 0.356 e. The van der Waals surface area contributed by atoms with Crippen molar-refractivity contribution >= 4 is 5.91 Å². The Kier molecular flexibility index (Phi) is 6.56. The van der Waals surface area contributed by atoms with E-state index in [4.69, 9.17) is 5.73 Å². The molecule has 0 saturated heterocycles. The zero-order valence-corrected chi connectivity index (χ0v) is 11.3. The van der Waals surface area contributed by atoms with Crippen LogP contribution in [0.5, 0.6) is 0 Å². The molecule has 17 heavy (non-hydrogen) atoms. The van der Waals surface area contributed by atoms with Crippen LogP contribution in [0.3, 0.4) is 0 Å². The van der Waals surface area contributed by atoms with Crippen LogP contribution in [0.2, 0.25) is 0 Å². The van der Waals surface area contributed by atoms with E-state index in [2.05, 4.69) is 12.2 Å². The number of nitrogens with one attached hydrogen (secondary N) is 1. The molecule has 0 bridgehead atoms. The van der Waals surface area contributed by atoms with Crippen LogP contribution in [0.4, 0.5) is 0 Å². The number of amides is 1. The second kappa shape index (κ2) is 7.70. The van der Waals surface area contributed by atoms with Gasteiger partial charge in [0.15, 0.2) is 0 Å². The fourth-order valence-corrected chi connectivity index (χ4v) is 2.60. The molecule has 0 heterocycles. The molecule has 3 N–H and O–H groups in total. The van der Waals surface area contributed by atoms with Crippen molar-refractivity contribution in [2.24, 2.45) is 11.1 Å². The van der Waals surface area contributed by atoms with Gasteiger partial charge in [0.25, 0.3) is 0 Å². The summed E-state index contributed by atoms with van der Waals surface area (Å²) in [5, 5.41) is 3.10. The van der Waals surface area contributed by atoms with Crippen molar-refractivity contribution in [1.29, 1.82) is 0 Å². The van der Waals surface area contributed by atoms with Crippen LogP contribution in [0.25, 0.3) is 0 Å². The van der Waals surface area contributed by atoms with Crippen molar-refractivity contribution in [3.05, 3.63) is 0 Å². The van der Waals surface area contributed by atoms with Gasteiger partial charge in [0.1, 0.15) is 0 Å². The molecule has 100 valence electrons. The highest BCUT2D eigenvalue weighted by Gasteiger charge is 2.33. The summed E-state index contributed by atoms with van der Waals surface area (Å²) in [6.07, 6.45) is 10.4. The van der Waals surface area contributed by atoms with Crippen molar-refractivity contribution in [3.8, 4) is 0 Å². The molecule has 3 heteroatoms. The quantitative estimate of drug-likeness (QED) is 0.672. The van der Waals surface area contributed by atoms with Gasteiger partial charge in [-0.1, -0.05) is 39.0 Å². The number of unbranched alkanes of at least 4 members (excludes halogenated alkanes) is 3. The smallest absolute Gasteiger partial charge is 0.225 e. The first-order chi connectivity index (χ1) is 8.19. The number of hydrogen-bond donors (Lipinski definition) is 2. The monoisotopic (exact) mass is 240 g/mol. The lowest BCUT2D eigenvalue weighted by molar-refractivity contribution is -0.131. The van der Waals surface area contributed by atoms with Crippen molar-refractivity contribution in [1.82, 2.24) is 5.32 Å². The summed E-state index contributed by atoms with van der Waals surface area (Å²) in [6.45, 7) is 3.74. The number of nitrogens with two attached hydrogens (primary N) is 1. The van der Waals surface area contributed by atoms with E-state index in [9.17, 15) is 4.79 Å². The van der Waals surface area contributed by atoms with E-state index in [-0.39, 0.29) is 11.3 Å². The first-order valence-corrected chi connectivity index (χ1v) is 7.17. The van der Waals surface area contributed by atoms with Gasteiger partial charge < -0.3 is 11.1 Å². The van der Waals surface area contributed by atoms with Gasteiger partial charge in [0.05, 0.1) is 0 Å². The molecule has 0 aromatic rings. The summed E-state index contributed by atoms with van der Waals surface area (Å²) in [7, 11) is 0. The third-order valence-corrected chi connectivity index (χ3v) is 3.92. The molecule has 1 fully saturated rings. The highest BCUT2D eigenvalue weighted by molar-refractivity contribution is 5.82. The zero-order valence-electron chi connectivity index (χ0n) is 11.3. The summed E-state index contributed by atoms with van der Waals surface area (Å²) >= 11 is 0. The van der Waals surface area contributed by atoms with Crippen LogP contribution in [-0.2, 0) is 4.79 Å². The fourth-order valence-electron chi connectivity index (χ4n) is 2.60. The first-order valence-electron chi connectivity index (χ1n) is 7.17. The topological polar surface area (TPSA) is 55.1 Å². The molecule has 3 nitrogen and oxygen atoms in total. The average Bonchev–Trinajstić information content (AvgIpc) is 2.34. The SMILES string of the molecule is CC1(C(=O)NCCCCCCN)CCCCC1. The molecule has 0 aliphatic heterocycles. The molecule has 1 saturated carbocycles. The van der Waals surface area contributed by atoms with Crippen LogP contribution >= 0.6 is 0 Å². The predicted molar refractivity (Wildman–Crippen MR) is 71.7 cm³/mol. The number of rotatable bonds is 7. The second-order valence-corrected chi connectivity index (χ2v) is 5.58. The Morgan fingerprint density at radius 2 is 1.76 bits per heavy atom. The molecule has 0 unspecified atom stereocenters. The Morgan fingerprint density at radius 3 is 2.41 bits per heavy atom. The molecule has 0 aromatic heterocycles. The summed E-state index contributed by atoms with van der Waals surface area (Å²) in [6, 6.07) is 0. The van der Waals surface area contributed by atoms with E-state index in [0.29, 0.717) is 0 Å². The molecule has 0 radical (unpaired) electrons. The maximum absolute atomic E-state index is 12.1. The lowest BCUT2D eigenvalue weighted by Gasteiger charge is -2.32. The van der Waals surface area contributed by atoms with E-state index in [1.54, 1.807) is 0 Å². The molecular formula is C14H28N2O. The van der Waals surface area contributed by atoms with E-state index in [0.717, 1.165) is 38.8 Å². The Hall–Kier alpha value is -0.570. The standard InChI is InChI=1S/C14H28N2O/c1-14(9-5-4-6-10-14)13(17)16-12-8-3-2-7-11-15/h2-12,15H2,1H3,(H,16,17). The van der Waals surface area contributed by atoms with Crippen molar-refractivity contribution in [2.45, 2.75) is 64.7 Å². The van der Waals surface area contributed by atoms with Gasteiger partial charge in [-0.05, 0) is 32.2 Å². The van der Waals surface area contributed by atoms with E-state index in [1.165, 1.54) is 32.1 Å². The minimum absolute atomic E-state index is 0.0878. The van der Waals surface area contributed by atoms with Crippen LogP contribution in [0, 0.1) is 5.41 Å². The highest BCUT2D eigenvalue weighted by Crippen LogP contribution is 2.35. The average molecular weight is 240 g/mol. The Bertz CT molecular complexity index is 222. The lowest BCUT2D eigenvalue weighted by atomic mass is 9.75. The van der Waals surface area contributed by atoms with Crippen LogP contribution in [0.1, 0.15) is 64.7 Å². The zero-order chi connectivity index (χ0) is 12.6. The normalized spacial score (nSPS) is 18.9. The maximum Gasteiger partial charge on any atom is 0.225 e. The first kappa shape index (κ1) is 14.5. The predicted octanol–water partition coefficient (Wildman–Crippen LogP) is 2.59. The second-order valence-electron chi connectivity index (χ2n) is 5.58. The third-order valence-electron chi connectivity index (χ3n) is 3.92. The number of carbonyl (C=O) groups excluding carboxylic acids is 1. The van der Waals surface area contributed by atoms with E-state index >= 15 is 0 Å². The Labute approximate surface area is 106 Å². The van der Waals surface area contributed by atoms with Crippen LogP contribution < -0.4 is 11.1 Å². The minimum Gasteiger partial charge on any atom is -0.356 e. The summed E-state index contributed by atoms with van der Waals surface area (Å²) in [5.74, 6) is 0.274. The highest BCUT2D eigenvalue weighted by atomic mass is 16.2. The molecule has 1 rings (SSSR count). The fraction of sp³-hybridized carbons (Fsp3) is 0.929. The molecule has 0 spiro atoms. The lowest BCUT2D eigenvalue weighted by Crippen LogP contribution is -2.40.